The molecule has 1 aromatic carbocycles. The first-order valence-corrected chi connectivity index (χ1v) is 11.5. The molecule has 0 aliphatic heterocycles. The summed E-state index contributed by atoms with van der Waals surface area (Å²) in [5, 5.41) is 0. The molecule has 2 N–H and O–H groups in total. The van der Waals surface area contributed by atoms with Crippen LogP contribution in [-0.2, 0) is 10.2 Å². The topological polar surface area (TPSA) is 128 Å². The number of ether oxygens (including phenoxy) is 2. The Bertz CT molecular complexity index is 1620. The highest BCUT2D eigenvalue weighted by atomic mass is 79.9. The predicted molar refractivity (Wildman–Crippen MR) is 127 cm³/mol. The summed E-state index contributed by atoms with van der Waals surface area (Å²) in [4.78, 5) is 14.6. The first kappa shape index (κ1) is 13.4. The summed E-state index contributed by atoms with van der Waals surface area (Å²) in [7, 11) is -4.88. The second kappa shape index (κ2) is 11.5. The van der Waals surface area contributed by atoms with Gasteiger partial charge in [0.05, 0.1) is 21.0 Å². The average molecular weight is 599 g/mol. The van der Waals surface area contributed by atoms with Crippen molar-refractivity contribution in [2.45, 2.75) is 13.3 Å². The minimum absolute atomic E-state index is 0.277. The van der Waals surface area contributed by atoms with E-state index < -0.39 is 89.1 Å². The summed E-state index contributed by atoms with van der Waals surface area (Å²) in [6.45, 7) is -8.07. The van der Waals surface area contributed by atoms with E-state index in [2.05, 4.69) is 51.8 Å². The van der Waals surface area contributed by atoms with Gasteiger partial charge in [-0.2, -0.15) is 13.1 Å². The van der Waals surface area contributed by atoms with Gasteiger partial charge < -0.3 is 9.47 Å². The zero-order valence-corrected chi connectivity index (χ0v) is 19.9. The van der Waals surface area contributed by atoms with E-state index in [1.54, 1.807) is 4.72 Å². The molecule has 0 saturated heterocycles. The molecule has 0 bridgehead atoms. The number of aromatic nitrogens is 4. The zero-order chi connectivity index (χ0) is 32.7. The molecule has 0 saturated carbocycles. The molecule has 170 valence electrons. The van der Waals surface area contributed by atoms with E-state index in [1.807, 2.05) is 4.72 Å². The summed E-state index contributed by atoms with van der Waals surface area (Å²) in [5.74, 6) is -2.03. The number of hydrogen-bond acceptors (Lipinski definition) is 8. The molecular formula is C19H20Br2N6O4S. The van der Waals surface area contributed by atoms with Gasteiger partial charge in [-0.15, -0.1) is 0 Å². The van der Waals surface area contributed by atoms with Crippen LogP contribution in [0.2, 0.25) is 0 Å². The molecule has 0 amide bonds. The van der Waals surface area contributed by atoms with Gasteiger partial charge in [-0.1, -0.05) is 34.9 Å². The monoisotopic (exact) mass is 597 g/mol. The van der Waals surface area contributed by atoms with Gasteiger partial charge in [0.1, 0.15) is 20.8 Å². The van der Waals surface area contributed by atoms with Gasteiger partial charge in [-0.05, 0) is 40.0 Å². The maximum Gasteiger partial charge on any atom is 0.316 e. The maximum absolute atomic E-state index is 12.8. The summed E-state index contributed by atoms with van der Waals surface area (Å²) in [5.41, 5.74) is -1.56. The lowest BCUT2D eigenvalue weighted by molar-refractivity contribution is 0.202. The molecule has 3 rings (SSSR count). The summed E-state index contributed by atoms with van der Waals surface area (Å²) in [6.07, 6.45) is 1.04. The molecule has 32 heavy (non-hydrogen) atoms. The molecule has 0 atom stereocenters. The summed E-state index contributed by atoms with van der Waals surface area (Å²) >= 11 is 6.01. The highest BCUT2D eigenvalue weighted by Gasteiger charge is 2.19. The van der Waals surface area contributed by atoms with Crippen LogP contribution in [-0.4, -0.2) is 48.0 Å². The van der Waals surface area contributed by atoms with E-state index >= 15 is 0 Å². The second-order valence-electron chi connectivity index (χ2n) is 5.37. The van der Waals surface area contributed by atoms with Gasteiger partial charge in [0.25, 0.3) is 10.2 Å². The SMILES string of the molecule is [2H]c1nc(NS(=O)(=O)NC([2H])([2H])CC)c(-c2c([2H])c([2H])c(Br)c([2H])c2[2H])c(OC([2H])([2H])C([2H])([2H])Oc2ncc(Br)cn2)n1. The van der Waals surface area contributed by atoms with E-state index in [-0.39, 0.29) is 10.9 Å². The molecular weight excluding hydrogens is 568 g/mol. The molecule has 13 heteroatoms. The van der Waals surface area contributed by atoms with Crippen molar-refractivity contribution >= 4 is 47.9 Å². The Labute approximate surface area is 218 Å². The van der Waals surface area contributed by atoms with Gasteiger partial charge in [0, 0.05) is 26.1 Å². The largest absolute Gasteiger partial charge is 0.473 e. The molecule has 10 nitrogen and oxygen atoms in total. The quantitative estimate of drug-likeness (QED) is 0.343. The van der Waals surface area contributed by atoms with E-state index in [0.717, 1.165) is 0 Å². The number of hydrogen-bond donors (Lipinski definition) is 2. The van der Waals surface area contributed by atoms with Crippen molar-refractivity contribution in [2.24, 2.45) is 0 Å². The third-order valence-electron chi connectivity index (χ3n) is 3.15. The number of nitrogens with one attached hydrogen (secondary N) is 2. The zero-order valence-electron chi connectivity index (χ0n) is 26.9. The van der Waals surface area contributed by atoms with Crippen LogP contribution in [0.15, 0.2) is 51.8 Å². The second-order valence-corrected chi connectivity index (χ2v) is 8.50. The Morgan fingerprint density at radius 2 is 1.72 bits per heavy atom. The third-order valence-corrected chi connectivity index (χ3v) is 4.83. The first-order valence-electron chi connectivity index (χ1n) is 13.9. The fourth-order valence-electron chi connectivity index (χ4n) is 1.94. The molecule has 0 unspecified atom stereocenters. The van der Waals surface area contributed by atoms with Crippen LogP contribution in [0.1, 0.15) is 28.4 Å². The fourth-order valence-corrected chi connectivity index (χ4v) is 3.13. The minimum Gasteiger partial charge on any atom is -0.473 e. The minimum atomic E-state index is -4.88. The Balaban J connectivity index is 2.27. The van der Waals surface area contributed by atoms with Crippen molar-refractivity contribution < 1.29 is 33.0 Å². The normalized spacial score (nSPS) is 17.5. The molecule has 0 aliphatic carbocycles. The number of nitrogens with zero attached hydrogens (tertiary/aromatic N) is 4. The Hall–Kier alpha value is -2.35. The van der Waals surface area contributed by atoms with Crippen molar-refractivity contribution in [3.63, 3.8) is 0 Å². The third kappa shape index (κ3) is 7.08. The Kier molecular flexibility index (Phi) is 4.81. The first-order chi connectivity index (χ1) is 19.6. The van der Waals surface area contributed by atoms with Gasteiger partial charge in [-0.25, -0.2) is 19.9 Å². The van der Waals surface area contributed by atoms with Crippen molar-refractivity contribution in [3.05, 3.63) is 51.8 Å². The van der Waals surface area contributed by atoms with Crippen LogP contribution in [0.3, 0.4) is 0 Å². The van der Waals surface area contributed by atoms with Crippen LogP contribution in [0, 0.1) is 0 Å². The molecule has 0 aliphatic rings. The van der Waals surface area contributed by atoms with Crippen LogP contribution >= 0.6 is 31.9 Å². The van der Waals surface area contributed by atoms with E-state index in [4.69, 9.17) is 24.6 Å². The number of rotatable bonds is 11. The van der Waals surface area contributed by atoms with Gasteiger partial charge in [0.15, 0.2) is 5.82 Å². The highest BCUT2D eigenvalue weighted by Crippen LogP contribution is 2.34. The van der Waals surface area contributed by atoms with Gasteiger partial charge in [-0.3, -0.25) is 4.72 Å². The van der Waals surface area contributed by atoms with E-state index in [9.17, 15) is 8.42 Å². The van der Waals surface area contributed by atoms with Crippen LogP contribution < -0.4 is 18.9 Å². The van der Waals surface area contributed by atoms with E-state index in [0.29, 0.717) is 4.47 Å². The highest BCUT2D eigenvalue weighted by molar-refractivity contribution is 9.10. The van der Waals surface area contributed by atoms with Crippen molar-refractivity contribution in [2.75, 3.05) is 24.3 Å². The van der Waals surface area contributed by atoms with Crippen molar-refractivity contribution in [1.29, 1.82) is 0 Å². The lowest BCUT2D eigenvalue weighted by Gasteiger charge is -2.15. The maximum atomic E-state index is 12.8. The standard InChI is InChI=1S/C19H20Br2N6O4S/c1-2-7-26-32(28,29)27-17-16(13-3-5-14(20)6-4-13)18(25-12-24-17)30-8-9-31-19-22-10-15(21)11-23-19/h3-6,10-12,26H,2,7-9H2,1H3,(H,24,25,27)/i3D,4D,5D,6D,7D2,8D2,9D2,12D. The summed E-state index contributed by atoms with van der Waals surface area (Å²) < 4.78 is 129. The molecule has 2 aromatic heterocycles. The predicted octanol–water partition coefficient (Wildman–Crippen LogP) is 3.57. The van der Waals surface area contributed by atoms with Crippen molar-refractivity contribution in [3.8, 4) is 23.0 Å². The molecule has 0 fully saturated rings. The molecule has 2 heterocycles. The smallest absolute Gasteiger partial charge is 0.316 e. The number of anilines is 1. The van der Waals surface area contributed by atoms with Gasteiger partial charge >= 0.3 is 6.01 Å². The van der Waals surface area contributed by atoms with Crippen LogP contribution in [0.5, 0.6) is 11.9 Å². The molecule has 0 spiro atoms. The molecule has 0 radical (unpaired) electrons. The Morgan fingerprint density at radius 1 is 1.03 bits per heavy atom. The fraction of sp³-hybridized carbons (Fsp3) is 0.263. The molecule has 3 aromatic rings. The van der Waals surface area contributed by atoms with Crippen molar-refractivity contribution in [1.82, 2.24) is 24.7 Å². The summed E-state index contributed by atoms with van der Waals surface area (Å²) in [6, 6.07) is -3.53. The van der Waals surface area contributed by atoms with E-state index in [1.165, 1.54) is 19.3 Å². The average Bonchev–Trinajstić information content (AvgIpc) is 2.87. The Morgan fingerprint density at radius 3 is 2.41 bits per heavy atom. The van der Waals surface area contributed by atoms with Gasteiger partial charge in [0.2, 0.25) is 5.88 Å². The van der Waals surface area contributed by atoms with Crippen LogP contribution in [0.4, 0.5) is 5.82 Å². The van der Waals surface area contributed by atoms with Crippen LogP contribution in [0.25, 0.3) is 11.1 Å². The number of benzene rings is 1. The lowest BCUT2D eigenvalue weighted by atomic mass is 10.1. The lowest BCUT2D eigenvalue weighted by Crippen LogP contribution is -2.31. The number of halogens is 2.